The summed E-state index contributed by atoms with van der Waals surface area (Å²) in [7, 11) is 0. The van der Waals surface area contributed by atoms with Gasteiger partial charge in [0.2, 0.25) is 5.82 Å². The van der Waals surface area contributed by atoms with Crippen LogP contribution in [0.4, 0.5) is 14.5 Å². The number of benzene rings is 1. The van der Waals surface area contributed by atoms with Crippen molar-refractivity contribution in [2.24, 2.45) is 5.92 Å². The number of hydrogen-bond donors (Lipinski definition) is 0. The van der Waals surface area contributed by atoms with E-state index in [1.165, 1.54) is 12.1 Å². The van der Waals surface area contributed by atoms with Crippen molar-refractivity contribution in [3.8, 4) is 12.1 Å². The Morgan fingerprint density at radius 2 is 1.89 bits per heavy atom. The first-order chi connectivity index (χ1) is 8.42. The molecule has 0 aromatic heterocycles. The van der Waals surface area contributed by atoms with Gasteiger partial charge in [0.1, 0.15) is 5.82 Å². The smallest absolute Gasteiger partial charge is 0.291 e. The van der Waals surface area contributed by atoms with E-state index in [0.29, 0.717) is 12.1 Å². The highest BCUT2D eigenvalue weighted by molar-refractivity contribution is 6.01. The van der Waals surface area contributed by atoms with Gasteiger partial charge in [0.25, 0.3) is 0 Å². The zero-order valence-electron chi connectivity index (χ0n) is 8.55. The largest absolute Gasteiger partial charge is 0.308 e. The van der Waals surface area contributed by atoms with Crippen molar-refractivity contribution in [3.63, 3.8) is 0 Å². The molecule has 0 bridgehead atoms. The maximum absolute atomic E-state index is 13.5. The van der Waals surface area contributed by atoms with Gasteiger partial charge in [-0.15, -0.1) is 0 Å². The molecule has 6 nitrogen and oxygen atoms in total. The summed E-state index contributed by atoms with van der Waals surface area (Å²) in [6, 6.07) is 3.27. The number of Topliss-reactive ketones (excluding diaryl/α,β-unsaturated/α-hetero) is 1. The van der Waals surface area contributed by atoms with Gasteiger partial charge in [0.05, 0.1) is 28.7 Å². The molecule has 18 heavy (non-hydrogen) atoms. The molecule has 0 saturated heterocycles. The molecule has 0 N–H and O–H groups in total. The van der Waals surface area contributed by atoms with Crippen LogP contribution in [0.15, 0.2) is 12.1 Å². The molecule has 0 aliphatic rings. The lowest BCUT2D eigenvalue weighted by atomic mass is 9.99. The minimum atomic E-state index is -1.85. The van der Waals surface area contributed by atoms with Crippen LogP contribution in [0.3, 0.4) is 0 Å². The Labute approximate surface area is 98.8 Å². The molecule has 1 aromatic carbocycles. The summed E-state index contributed by atoms with van der Waals surface area (Å²) < 4.78 is 26.5. The molecule has 0 saturated carbocycles. The van der Waals surface area contributed by atoms with Crippen LogP contribution >= 0.6 is 0 Å². The summed E-state index contributed by atoms with van der Waals surface area (Å²) in [4.78, 5) is 20.7. The Morgan fingerprint density at radius 3 is 2.33 bits per heavy atom. The highest BCUT2D eigenvalue weighted by Crippen LogP contribution is 2.24. The number of hydrogen-bond acceptors (Lipinski definition) is 5. The van der Waals surface area contributed by atoms with Gasteiger partial charge in [-0.25, -0.2) is 4.39 Å². The number of carbonyl (C=O) groups excluding carboxylic acids is 1. The van der Waals surface area contributed by atoms with Crippen LogP contribution in [-0.2, 0) is 0 Å². The minimum Gasteiger partial charge on any atom is -0.291 e. The van der Waals surface area contributed by atoms with Crippen LogP contribution in [0, 0.1) is 50.3 Å². The molecule has 0 aliphatic heterocycles. The van der Waals surface area contributed by atoms with Crippen LogP contribution in [0.2, 0.25) is 0 Å². The molecule has 0 heterocycles. The fraction of sp³-hybridized carbons (Fsp3) is 0.100. The molecular formula is C10H3F2N3O3. The summed E-state index contributed by atoms with van der Waals surface area (Å²) >= 11 is 0. The number of nitriles is 2. The molecule has 1 aromatic rings. The van der Waals surface area contributed by atoms with Crippen LogP contribution in [0.5, 0.6) is 0 Å². The maximum atomic E-state index is 13.5. The molecule has 8 heteroatoms. The maximum Gasteiger partial charge on any atom is 0.308 e. The van der Waals surface area contributed by atoms with Gasteiger partial charge in [0.15, 0.2) is 11.7 Å². The standard InChI is InChI=1S/C10H3F2N3O3/c11-6-1-7(10(16)5(3-13)4-14)9(12)8(2-6)15(17)18/h1-2,5H. The molecule has 0 amide bonds. The van der Waals surface area contributed by atoms with Gasteiger partial charge in [-0.05, 0) is 6.07 Å². The van der Waals surface area contributed by atoms with Gasteiger partial charge < -0.3 is 0 Å². The van der Waals surface area contributed by atoms with Crippen LogP contribution in [-0.4, -0.2) is 10.7 Å². The van der Waals surface area contributed by atoms with Gasteiger partial charge in [-0.3, -0.25) is 14.9 Å². The SMILES string of the molecule is N#CC(C#N)C(=O)c1cc(F)cc([N+](=O)[O-])c1F. The van der Waals surface area contributed by atoms with Crippen LogP contribution in [0.25, 0.3) is 0 Å². The van der Waals surface area contributed by atoms with E-state index >= 15 is 0 Å². The normalized spacial score (nSPS) is 9.61. The van der Waals surface area contributed by atoms with Crippen LogP contribution < -0.4 is 0 Å². The van der Waals surface area contributed by atoms with Crippen molar-refractivity contribution in [2.75, 3.05) is 0 Å². The van der Waals surface area contributed by atoms with Gasteiger partial charge in [-0.1, -0.05) is 0 Å². The summed E-state index contributed by atoms with van der Waals surface area (Å²) in [5.41, 5.74) is -2.22. The number of nitro benzene ring substituents is 1. The second-order valence-corrected chi connectivity index (χ2v) is 3.10. The quantitative estimate of drug-likeness (QED) is 0.461. The molecule has 1 rings (SSSR count). The second kappa shape index (κ2) is 4.97. The van der Waals surface area contributed by atoms with Gasteiger partial charge in [-0.2, -0.15) is 14.9 Å². The van der Waals surface area contributed by atoms with E-state index in [9.17, 15) is 23.7 Å². The molecule has 90 valence electrons. The van der Waals surface area contributed by atoms with Crippen molar-refractivity contribution in [3.05, 3.63) is 39.4 Å². The molecule has 0 spiro atoms. The van der Waals surface area contributed by atoms with E-state index in [1.54, 1.807) is 0 Å². The third-order valence-electron chi connectivity index (χ3n) is 2.00. The number of halogens is 2. The fourth-order valence-electron chi connectivity index (χ4n) is 1.19. The third kappa shape index (κ3) is 2.28. The van der Waals surface area contributed by atoms with E-state index in [4.69, 9.17) is 10.5 Å². The number of nitro groups is 1. The molecule has 0 fully saturated rings. The van der Waals surface area contributed by atoms with E-state index in [2.05, 4.69) is 0 Å². The number of nitrogens with zero attached hydrogens (tertiary/aromatic N) is 3. The van der Waals surface area contributed by atoms with Crippen molar-refractivity contribution in [1.29, 1.82) is 10.5 Å². The van der Waals surface area contributed by atoms with Gasteiger partial charge >= 0.3 is 5.69 Å². The molecule has 0 unspecified atom stereocenters. The monoisotopic (exact) mass is 251 g/mol. The Balaban J connectivity index is 3.44. The second-order valence-electron chi connectivity index (χ2n) is 3.10. The number of rotatable bonds is 3. The predicted molar refractivity (Wildman–Crippen MR) is 52.1 cm³/mol. The summed E-state index contributed by atoms with van der Waals surface area (Å²) in [5.74, 6) is -5.94. The lowest BCUT2D eigenvalue weighted by Gasteiger charge is -2.03. The molecule has 0 radical (unpaired) electrons. The predicted octanol–water partition coefficient (Wildman–Crippen LogP) is 1.72. The Morgan fingerprint density at radius 1 is 1.33 bits per heavy atom. The van der Waals surface area contributed by atoms with E-state index in [-0.39, 0.29) is 0 Å². The Hall–Kier alpha value is -2.87. The highest BCUT2D eigenvalue weighted by atomic mass is 19.1. The lowest BCUT2D eigenvalue weighted by molar-refractivity contribution is -0.387. The molecule has 0 atom stereocenters. The summed E-state index contributed by atoms with van der Waals surface area (Å²) in [6.45, 7) is 0. The third-order valence-corrected chi connectivity index (χ3v) is 2.00. The van der Waals surface area contributed by atoms with Gasteiger partial charge in [0, 0.05) is 0 Å². The summed E-state index contributed by atoms with van der Waals surface area (Å²) in [6.07, 6.45) is 0. The first kappa shape index (κ1) is 13.2. The van der Waals surface area contributed by atoms with Crippen molar-refractivity contribution < 1.29 is 18.5 Å². The average Bonchev–Trinajstić information content (AvgIpc) is 2.32. The zero-order valence-corrected chi connectivity index (χ0v) is 8.55. The Bertz CT molecular complexity index is 602. The van der Waals surface area contributed by atoms with E-state index in [0.717, 1.165) is 0 Å². The van der Waals surface area contributed by atoms with Crippen molar-refractivity contribution in [2.45, 2.75) is 0 Å². The number of ketones is 1. The highest BCUT2D eigenvalue weighted by Gasteiger charge is 2.28. The molecule has 0 aliphatic carbocycles. The molecular weight excluding hydrogens is 248 g/mol. The average molecular weight is 251 g/mol. The van der Waals surface area contributed by atoms with E-state index < -0.39 is 39.5 Å². The summed E-state index contributed by atoms with van der Waals surface area (Å²) in [5, 5.41) is 27.3. The van der Waals surface area contributed by atoms with Crippen molar-refractivity contribution in [1.82, 2.24) is 0 Å². The topological polar surface area (TPSA) is 108 Å². The van der Waals surface area contributed by atoms with Crippen molar-refractivity contribution >= 4 is 11.5 Å². The lowest BCUT2D eigenvalue weighted by Crippen LogP contribution is -2.14. The fourth-order valence-corrected chi connectivity index (χ4v) is 1.19. The number of carbonyl (C=O) groups is 1. The minimum absolute atomic E-state index is 0.305. The Kier molecular flexibility index (Phi) is 3.65. The zero-order chi connectivity index (χ0) is 13.9. The first-order valence-corrected chi connectivity index (χ1v) is 4.39. The van der Waals surface area contributed by atoms with E-state index in [1.807, 2.05) is 0 Å². The first-order valence-electron chi connectivity index (χ1n) is 4.39. The van der Waals surface area contributed by atoms with Crippen LogP contribution in [0.1, 0.15) is 10.4 Å².